The van der Waals surface area contributed by atoms with Gasteiger partial charge in [0.2, 0.25) is 5.91 Å². The Morgan fingerprint density at radius 2 is 2.03 bits per heavy atom. The molecule has 0 bridgehead atoms. The van der Waals surface area contributed by atoms with Gasteiger partial charge in [-0.3, -0.25) is 14.6 Å². The topological polar surface area (TPSA) is 133 Å². The zero-order valence-corrected chi connectivity index (χ0v) is 16.0. The normalized spacial score (nSPS) is 27.0. The van der Waals surface area contributed by atoms with Gasteiger partial charge in [0.1, 0.15) is 12.0 Å². The molecule has 0 spiro atoms. The fraction of sp³-hybridized carbons (Fsp3) is 0.579. The lowest BCUT2D eigenvalue weighted by Gasteiger charge is -2.42. The van der Waals surface area contributed by atoms with Crippen LogP contribution < -0.4 is 16.0 Å². The predicted octanol–water partition coefficient (Wildman–Crippen LogP) is -0.200. The molecular weight excluding hydrogens is 378 g/mol. The van der Waals surface area contributed by atoms with Gasteiger partial charge in [-0.05, 0) is 31.2 Å². The van der Waals surface area contributed by atoms with Crippen LogP contribution in [-0.4, -0.2) is 71.3 Å². The fourth-order valence-electron chi connectivity index (χ4n) is 4.45. The highest BCUT2D eigenvalue weighted by Crippen LogP contribution is 2.33. The highest BCUT2D eigenvalue weighted by molar-refractivity contribution is 5.96. The van der Waals surface area contributed by atoms with Gasteiger partial charge in [-0.1, -0.05) is 0 Å². The second-order valence-corrected chi connectivity index (χ2v) is 7.72. The number of aromatic nitrogens is 1. The Bertz CT molecular complexity index is 795. The van der Waals surface area contributed by atoms with E-state index in [0.717, 1.165) is 19.3 Å². The number of fused-ring (bicyclic) bond motifs is 1. The molecule has 0 saturated carbocycles. The Hall–Kier alpha value is -2.88. The van der Waals surface area contributed by atoms with Gasteiger partial charge >= 0.3 is 6.03 Å². The number of aromatic hydroxyl groups is 1. The van der Waals surface area contributed by atoms with Crippen LogP contribution in [0.3, 0.4) is 0 Å². The van der Waals surface area contributed by atoms with E-state index in [1.165, 1.54) is 18.5 Å². The summed E-state index contributed by atoms with van der Waals surface area (Å²) in [6.07, 6.45) is 4.86. The molecule has 3 fully saturated rings. The summed E-state index contributed by atoms with van der Waals surface area (Å²) in [4.78, 5) is 41.9. The second kappa shape index (κ2) is 8.24. The molecule has 1 aromatic heterocycles. The lowest BCUT2D eigenvalue weighted by molar-refractivity contribution is -0.131. The van der Waals surface area contributed by atoms with Crippen LogP contribution in [0.25, 0.3) is 0 Å². The van der Waals surface area contributed by atoms with Crippen LogP contribution in [0, 0.1) is 11.8 Å². The van der Waals surface area contributed by atoms with Crippen LogP contribution in [0.15, 0.2) is 18.5 Å². The summed E-state index contributed by atoms with van der Waals surface area (Å²) >= 11 is 0. The van der Waals surface area contributed by atoms with Crippen molar-refractivity contribution < 1.29 is 24.2 Å². The first-order chi connectivity index (χ1) is 14.0. The van der Waals surface area contributed by atoms with Crippen LogP contribution in [0.1, 0.15) is 29.6 Å². The lowest BCUT2D eigenvalue weighted by atomic mass is 9.80. The van der Waals surface area contributed by atoms with Gasteiger partial charge in [0.15, 0.2) is 0 Å². The van der Waals surface area contributed by atoms with Crippen LogP contribution >= 0.6 is 0 Å². The maximum atomic E-state index is 12.5. The Labute approximate surface area is 168 Å². The third kappa shape index (κ3) is 4.26. The Balaban J connectivity index is 1.26. The maximum absolute atomic E-state index is 12.5. The number of carbonyl (C=O) groups is 3. The van der Waals surface area contributed by atoms with Crippen molar-refractivity contribution in [2.24, 2.45) is 11.8 Å². The van der Waals surface area contributed by atoms with Gasteiger partial charge in [-0.25, -0.2) is 4.79 Å². The molecule has 0 unspecified atom stereocenters. The molecule has 156 valence electrons. The third-order valence-corrected chi connectivity index (χ3v) is 5.96. The average molecular weight is 403 g/mol. The molecule has 0 aliphatic carbocycles. The van der Waals surface area contributed by atoms with Crippen molar-refractivity contribution in [1.29, 1.82) is 0 Å². The molecule has 10 heteroatoms. The molecule has 3 atom stereocenters. The number of likely N-dealkylation sites (tertiary alicyclic amines) is 1. The van der Waals surface area contributed by atoms with E-state index in [1.54, 1.807) is 4.90 Å². The molecule has 3 aliphatic rings. The Morgan fingerprint density at radius 3 is 2.79 bits per heavy atom. The van der Waals surface area contributed by atoms with Gasteiger partial charge in [0, 0.05) is 37.9 Å². The van der Waals surface area contributed by atoms with E-state index >= 15 is 0 Å². The standard InChI is InChI=1S/C19H25N5O5/c25-13-7-12(8-20-9-13)17(27)21-10-15(26)24-4-1-11(2-5-24)16-14-3-6-29-18(14)23-19(28)22-16/h7-9,11,14,16,18,25H,1-6,10H2,(H,21,27)(H2,22,23,28)/t14-,16-,18-/m0/s1. The Kier molecular flexibility index (Phi) is 5.52. The van der Waals surface area contributed by atoms with E-state index in [9.17, 15) is 19.5 Å². The molecule has 4 rings (SSSR count). The number of amides is 4. The second-order valence-electron chi connectivity index (χ2n) is 7.72. The van der Waals surface area contributed by atoms with Crippen molar-refractivity contribution in [2.45, 2.75) is 31.5 Å². The third-order valence-electron chi connectivity index (χ3n) is 5.96. The first-order valence-electron chi connectivity index (χ1n) is 9.90. The summed E-state index contributed by atoms with van der Waals surface area (Å²) in [5.74, 6) is -0.156. The number of hydrogen-bond donors (Lipinski definition) is 4. The van der Waals surface area contributed by atoms with E-state index in [-0.39, 0.29) is 48.0 Å². The monoisotopic (exact) mass is 403 g/mol. The summed E-state index contributed by atoms with van der Waals surface area (Å²) < 4.78 is 5.61. The van der Waals surface area contributed by atoms with E-state index in [4.69, 9.17) is 4.74 Å². The van der Waals surface area contributed by atoms with Gasteiger partial charge < -0.3 is 30.7 Å². The number of urea groups is 1. The summed E-state index contributed by atoms with van der Waals surface area (Å²) in [6.45, 7) is 1.72. The summed E-state index contributed by atoms with van der Waals surface area (Å²) in [7, 11) is 0. The summed E-state index contributed by atoms with van der Waals surface area (Å²) in [5.41, 5.74) is 0.200. The highest BCUT2D eigenvalue weighted by atomic mass is 16.5. The molecule has 3 aliphatic heterocycles. The summed E-state index contributed by atoms with van der Waals surface area (Å²) in [6, 6.07) is 1.17. The minimum atomic E-state index is -0.457. The first-order valence-corrected chi connectivity index (χ1v) is 9.90. The number of hydrogen-bond acceptors (Lipinski definition) is 6. The molecule has 4 amide bonds. The molecule has 4 N–H and O–H groups in total. The first kappa shape index (κ1) is 19.4. The number of carbonyl (C=O) groups excluding carboxylic acids is 3. The van der Waals surface area contributed by atoms with E-state index in [1.807, 2.05) is 0 Å². The van der Waals surface area contributed by atoms with Crippen LogP contribution in [-0.2, 0) is 9.53 Å². The molecule has 0 radical (unpaired) electrons. The Morgan fingerprint density at radius 1 is 1.24 bits per heavy atom. The highest BCUT2D eigenvalue weighted by Gasteiger charge is 2.44. The van der Waals surface area contributed by atoms with E-state index < -0.39 is 5.91 Å². The van der Waals surface area contributed by atoms with Crippen molar-refractivity contribution in [3.05, 3.63) is 24.0 Å². The number of ether oxygens (including phenoxy) is 1. The van der Waals surface area contributed by atoms with Gasteiger partial charge in [0.25, 0.3) is 5.91 Å². The minimum Gasteiger partial charge on any atom is -0.506 e. The average Bonchev–Trinajstić information content (AvgIpc) is 3.19. The predicted molar refractivity (Wildman–Crippen MR) is 101 cm³/mol. The zero-order chi connectivity index (χ0) is 20.4. The molecule has 3 saturated heterocycles. The SMILES string of the molecule is O=C1N[C@H]2OCC[C@H]2[C@H](C2CCN(C(=O)CNC(=O)c3cncc(O)c3)CC2)N1. The van der Waals surface area contributed by atoms with Crippen molar-refractivity contribution in [1.82, 2.24) is 25.8 Å². The smallest absolute Gasteiger partial charge is 0.317 e. The van der Waals surface area contributed by atoms with Crippen LogP contribution in [0.2, 0.25) is 0 Å². The molecular formula is C19H25N5O5. The zero-order valence-electron chi connectivity index (χ0n) is 16.0. The molecule has 4 heterocycles. The molecule has 29 heavy (non-hydrogen) atoms. The largest absolute Gasteiger partial charge is 0.506 e. The van der Waals surface area contributed by atoms with Crippen LogP contribution in [0.5, 0.6) is 5.75 Å². The number of rotatable bonds is 4. The number of piperidine rings is 1. The van der Waals surface area contributed by atoms with Gasteiger partial charge in [0.05, 0.1) is 18.3 Å². The van der Waals surface area contributed by atoms with Gasteiger partial charge in [-0.2, -0.15) is 0 Å². The van der Waals surface area contributed by atoms with Crippen molar-refractivity contribution in [3.8, 4) is 5.75 Å². The lowest BCUT2D eigenvalue weighted by Crippen LogP contribution is -2.62. The number of nitrogens with one attached hydrogen (secondary N) is 3. The van der Waals surface area contributed by atoms with Gasteiger partial charge in [-0.15, -0.1) is 0 Å². The maximum Gasteiger partial charge on any atom is 0.317 e. The minimum absolute atomic E-state index is 0.0615. The van der Waals surface area contributed by atoms with E-state index in [2.05, 4.69) is 20.9 Å². The van der Waals surface area contributed by atoms with Crippen LogP contribution in [0.4, 0.5) is 4.79 Å². The number of nitrogens with zero attached hydrogens (tertiary/aromatic N) is 2. The van der Waals surface area contributed by atoms with Crippen molar-refractivity contribution >= 4 is 17.8 Å². The number of pyridine rings is 1. The van der Waals surface area contributed by atoms with Crippen molar-refractivity contribution in [3.63, 3.8) is 0 Å². The van der Waals surface area contributed by atoms with Crippen molar-refractivity contribution in [2.75, 3.05) is 26.2 Å². The summed E-state index contributed by atoms with van der Waals surface area (Å²) in [5, 5.41) is 17.8. The molecule has 0 aromatic carbocycles. The molecule has 1 aromatic rings. The fourth-order valence-corrected chi connectivity index (χ4v) is 4.45. The quantitative estimate of drug-likeness (QED) is 0.550. The van der Waals surface area contributed by atoms with E-state index in [0.29, 0.717) is 25.6 Å². The molecule has 10 nitrogen and oxygen atoms in total.